The Morgan fingerprint density at radius 3 is 1.25 bits per heavy atom. The first-order valence-electron chi connectivity index (χ1n) is 15.6. The maximum absolute atomic E-state index is 13.8. The van der Waals surface area contributed by atoms with Crippen LogP contribution in [0.2, 0.25) is 0 Å². The van der Waals surface area contributed by atoms with Crippen LogP contribution in [0.5, 0.6) is 11.5 Å². The summed E-state index contributed by atoms with van der Waals surface area (Å²) in [5.41, 5.74) is -0.556. The number of anilines is 2. The van der Waals surface area contributed by atoms with Crippen LogP contribution in [0.25, 0.3) is 11.1 Å². The third-order valence-electron chi connectivity index (χ3n) is 13.5. The van der Waals surface area contributed by atoms with E-state index < -0.39 is 32.5 Å². The highest BCUT2D eigenvalue weighted by molar-refractivity contribution is 6.06. The Hall–Kier alpha value is -3.68. The average Bonchev–Trinajstić information content (AvgIpc) is 3.45. The Morgan fingerprint density at radius 1 is 0.614 bits per heavy atom. The smallest absolute Gasteiger partial charge is 0.231 e. The minimum absolute atomic E-state index is 0.140. The summed E-state index contributed by atoms with van der Waals surface area (Å²) in [6, 6.07) is 11.1. The minimum atomic E-state index is -0.742. The largest absolute Gasteiger partial charge is 0.495 e. The number of rotatable bonds is 7. The third-order valence-corrected chi connectivity index (χ3v) is 13.5. The molecule has 0 saturated heterocycles. The molecule has 234 valence electrons. The number of amides is 2. The molecule has 2 amide bonds. The summed E-state index contributed by atoms with van der Waals surface area (Å²) in [5.74, 6) is 1.06. The molecule has 0 heterocycles. The van der Waals surface area contributed by atoms with Crippen molar-refractivity contribution >= 4 is 34.8 Å². The zero-order valence-electron chi connectivity index (χ0n) is 27.2. The molecule has 2 aromatic carbocycles. The second-order valence-corrected chi connectivity index (χ2v) is 15.0. The molecular formula is C36H44N2O6. The van der Waals surface area contributed by atoms with Crippen molar-refractivity contribution in [2.24, 2.45) is 32.5 Å². The number of fused-ring (bicyclic) bond motifs is 4. The normalized spacial score (nSPS) is 32.5. The van der Waals surface area contributed by atoms with Gasteiger partial charge >= 0.3 is 0 Å². The summed E-state index contributed by atoms with van der Waals surface area (Å²) in [7, 11) is 3.12. The van der Waals surface area contributed by atoms with E-state index in [-0.39, 0.29) is 36.2 Å². The van der Waals surface area contributed by atoms with E-state index in [1.54, 1.807) is 14.2 Å². The van der Waals surface area contributed by atoms with Crippen molar-refractivity contribution in [1.29, 1.82) is 0 Å². The highest BCUT2D eigenvalue weighted by atomic mass is 16.5. The van der Waals surface area contributed by atoms with Crippen LogP contribution in [0.4, 0.5) is 11.4 Å². The van der Waals surface area contributed by atoms with Gasteiger partial charge in [0, 0.05) is 23.7 Å². The molecule has 6 rings (SSSR count). The first kappa shape index (κ1) is 30.4. The van der Waals surface area contributed by atoms with E-state index >= 15 is 0 Å². The molecule has 4 atom stereocenters. The summed E-state index contributed by atoms with van der Waals surface area (Å²) in [6.45, 7) is 12.2. The Morgan fingerprint density at radius 2 is 0.977 bits per heavy atom. The Labute approximate surface area is 259 Å². The quantitative estimate of drug-likeness (QED) is 0.361. The number of ketones is 2. The molecule has 44 heavy (non-hydrogen) atoms. The average molecular weight is 601 g/mol. The lowest BCUT2D eigenvalue weighted by atomic mass is 9.64. The van der Waals surface area contributed by atoms with Crippen molar-refractivity contribution in [2.45, 2.75) is 80.1 Å². The van der Waals surface area contributed by atoms with Gasteiger partial charge in [0.2, 0.25) is 11.8 Å². The molecule has 4 unspecified atom stereocenters. The van der Waals surface area contributed by atoms with E-state index in [9.17, 15) is 19.2 Å². The van der Waals surface area contributed by atoms with Crippen LogP contribution in [-0.2, 0) is 19.2 Å². The van der Waals surface area contributed by atoms with Gasteiger partial charge in [0.05, 0.1) is 36.4 Å². The molecule has 0 spiro atoms. The number of hydrogen-bond acceptors (Lipinski definition) is 6. The van der Waals surface area contributed by atoms with Gasteiger partial charge in [-0.05, 0) is 71.9 Å². The molecule has 0 aliphatic heterocycles. The second-order valence-electron chi connectivity index (χ2n) is 15.0. The van der Waals surface area contributed by atoms with Crippen molar-refractivity contribution in [3.63, 3.8) is 0 Å². The summed E-state index contributed by atoms with van der Waals surface area (Å²) in [6.07, 6.45) is 3.34. The molecule has 4 fully saturated rings. The van der Waals surface area contributed by atoms with Gasteiger partial charge in [-0.2, -0.15) is 0 Å². The van der Waals surface area contributed by atoms with E-state index in [4.69, 9.17) is 9.47 Å². The molecule has 4 aliphatic carbocycles. The molecule has 4 aliphatic rings. The first-order chi connectivity index (χ1) is 20.5. The predicted octanol–water partition coefficient (Wildman–Crippen LogP) is 6.82. The minimum Gasteiger partial charge on any atom is -0.495 e. The van der Waals surface area contributed by atoms with Gasteiger partial charge in [-0.3, -0.25) is 19.2 Å². The van der Waals surface area contributed by atoms with Crippen molar-refractivity contribution in [3.8, 4) is 22.6 Å². The highest BCUT2D eigenvalue weighted by Crippen LogP contribution is 2.72. The van der Waals surface area contributed by atoms with E-state index in [0.717, 1.165) is 24.0 Å². The topological polar surface area (TPSA) is 111 Å². The molecule has 4 bridgehead atoms. The Bertz CT molecular complexity index is 1510. The Kier molecular flexibility index (Phi) is 6.49. The maximum Gasteiger partial charge on any atom is 0.231 e. The zero-order chi connectivity index (χ0) is 32.1. The number of benzene rings is 2. The lowest BCUT2D eigenvalue weighted by molar-refractivity contribution is -0.131. The second kappa shape index (κ2) is 9.41. The van der Waals surface area contributed by atoms with E-state index in [1.807, 2.05) is 77.9 Å². The van der Waals surface area contributed by atoms with Crippen molar-refractivity contribution in [2.75, 3.05) is 24.9 Å². The van der Waals surface area contributed by atoms with Crippen molar-refractivity contribution < 1.29 is 28.7 Å². The summed E-state index contributed by atoms with van der Waals surface area (Å²) >= 11 is 0. The third kappa shape index (κ3) is 3.57. The highest BCUT2D eigenvalue weighted by Gasteiger charge is 2.73. The van der Waals surface area contributed by atoms with E-state index in [2.05, 4.69) is 10.6 Å². The van der Waals surface area contributed by atoms with E-state index in [0.29, 0.717) is 35.7 Å². The SMILES string of the molecule is COc1cc(-c2ccc(NC(=O)C34CCC(C)(C(=O)C3)C4(C)C)c(OC)c2)ccc1NC(=O)C12CCC(C)(C(=O)C1)C2(C)C. The van der Waals surface area contributed by atoms with Gasteiger partial charge in [0.15, 0.2) is 0 Å². The van der Waals surface area contributed by atoms with Crippen molar-refractivity contribution in [1.82, 2.24) is 0 Å². The van der Waals surface area contributed by atoms with E-state index in [1.165, 1.54) is 0 Å². The molecule has 0 radical (unpaired) electrons. The molecule has 8 heteroatoms. The number of carbonyl (C=O) groups excluding carboxylic acids is 4. The number of carbonyl (C=O) groups is 4. The van der Waals surface area contributed by atoms with Gasteiger partial charge in [0.1, 0.15) is 23.1 Å². The number of nitrogens with one attached hydrogen (secondary N) is 2. The monoisotopic (exact) mass is 600 g/mol. The van der Waals surface area contributed by atoms with Crippen LogP contribution < -0.4 is 20.1 Å². The number of hydrogen-bond donors (Lipinski definition) is 2. The van der Waals surface area contributed by atoms with Crippen LogP contribution in [0.1, 0.15) is 80.1 Å². The molecule has 4 saturated carbocycles. The lowest BCUT2D eigenvalue weighted by Crippen LogP contribution is -2.43. The molecule has 8 nitrogen and oxygen atoms in total. The molecule has 2 aromatic rings. The lowest BCUT2D eigenvalue weighted by Gasteiger charge is -2.38. The Balaban J connectivity index is 1.24. The van der Waals surface area contributed by atoms with Crippen LogP contribution in [-0.4, -0.2) is 37.6 Å². The van der Waals surface area contributed by atoms with Gasteiger partial charge in [-0.25, -0.2) is 0 Å². The molecule has 2 N–H and O–H groups in total. The fraction of sp³-hybridized carbons (Fsp3) is 0.556. The predicted molar refractivity (Wildman–Crippen MR) is 169 cm³/mol. The zero-order valence-corrected chi connectivity index (χ0v) is 27.2. The number of ether oxygens (including phenoxy) is 2. The molecule has 0 aromatic heterocycles. The van der Waals surface area contributed by atoms with Crippen LogP contribution in [0.15, 0.2) is 36.4 Å². The standard InChI is InChI=1S/C36H44N2O6/c1-31(2)33(5)13-15-35(31,19-27(33)39)29(41)37-23-11-9-21(17-25(23)43-7)22-10-12-24(26(18-22)44-8)38-30(42)36-16-14-34(6,28(40)20-36)32(36,3)4/h9-12,17-18H,13-16,19-20H2,1-8H3,(H,37,41)(H,38,42). The molecular weight excluding hydrogens is 556 g/mol. The fourth-order valence-corrected chi connectivity index (χ4v) is 9.15. The van der Waals surface area contributed by atoms with Crippen LogP contribution in [0, 0.1) is 32.5 Å². The fourth-order valence-electron chi connectivity index (χ4n) is 9.15. The van der Waals surface area contributed by atoms with Crippen molar-refractivity contribution in [3.05, 3.63) is 36.4 Å². The maximum atomic E-state index is 13.8. The van der Waals surface area contributed by atoms with Gasteiger partial charge in [-0.15, -0.1) is 0 Å². The van der Waals surface area contributed by atoms with Crippen LogP contribution in [0.3, 0.4) is 0 Å². The number of methoxy groups -OCH3 is 2. The first-order valence-corrected chi connectivity index (χ1v) is 15.6. The van der Waals surface area contributed by atoms with Gasteiger partial charge in [0.25, 0.3) is 0 Å². The van der Waals surface area contributed by atoms with Gasteiger partial charge in [-0.1, -0.05) is 53.7 Å². The van der Waals surface area contributed by atoms with Crippen LogP contribution >= 0.6 is 0 Å². The summed E-state index contributed by atoms with van der Waals surface area (Å²) in [4.78, 5) is 53.3. The number of Topliss-reactive ketones (excluding diaryl/α,β-unsaturated/α-hetero) is 2. The van der Waals surface area contributed by atoms with Gasteiger partial charge < -0.3 is 20.1 Å². The summed E-state index contributed by atoms with van der Waals surface area (Å²) in [5, 5.41) is 6.17. The summed E-state index contributed by atoms with van der Waals surface area (Å²) < 4.78 is 11.4.